The lowest BCUT2D eigenvalue weighted by molar-refractivity contribution is 0.171. The first-order valence-electron chi connectivity index (χ1n) is 5.90. The van der Waals surface area contributed by atoms with Crippen molar-refractivity contribution in [2.24, 2.45) is 0 Å². The Labute approximate surface area is 111 Å². The minimum absolute atomic E-state index is 0.000476. The zero-order valence-corrected chi connectivity index (χ0v) is 11.0. The predicted octanol–water partition coefficient (Wildman–Crippen LogP) is 2.84. The molecule has 0 bridgehead atoms. The number of hydrogen-bond donors (Lipinski definition) is 3. The molecule has 2 rings (SSSR count). The molecule has 1 heterocycles. The largest absolute Gasteiger partial charge is 0.508 e. The quantitative estimate of drug-likeness (QED) is 0.777. The number of para-hydroxylation sites is 1. The van der Waals surface area contributed by atoms with Crippen LogP contribution in [0.2, 0.25) is 0 Å². The molecular formula is C14H17NO2S. The van der Waals surface area contributed by atoms with E-state index in [1.54, 1.807) is 23.5 Å². The summed E-state index contributed by atoms with van der Waals surface area (Å²) in [4.78, 5) is 0. The van der Waals surface area contributed by atoms with Gasteiger partial charge >= 0.3 is 0 Å². The topological polar surface area (TPSA) is 52.5 Å². The molecule has 1 aromatic carbocycles. The van der Waals surface area contributed by atoms with Crippen molar-refractivity contribution in [2.75, 3.05) is 6.54 Å². The number of nitrogens with one attached hydrogen (secondary N) is 1. The molecule has 1 aromatic heterocycles. The number of hydrogen-bond acceptors (Lipinski definition) is 4. The van der Waals surface area contributed by atoms with Crippen LogP contribution in [0.25, 0.3) is 0 Å². The number of thiophene rings is 1. The third-order valence-corrected chi connectivity index (χ3v) is 3.65. The molecule has 0 spiro atoms. The Kier molecular flexibility index (Phi) is 4.36. The zero-order valence-electron chi connectivity index (χ0n) is 10.2. The summed E-state index contributed by atoms with van der Waals surface area (Å²) < 4.78 is 0. The first kappa shape index (κ1) is 13.1. The Balaban J connectivity index is 1.93. The summed E-state index contributed by atoms with van der Waals surface area (Å²) in [5, 5.41) is 26.8. The van der Waals surface area contributed by atoms with Gasteiger partial charge in [-0.15, -0.1) is 0 Å². The molecule has 0 aliphatic rings. The van der Waals surface area contributed by atoms with Gasteiger partial charge in [-0.2, -0.15) is 11.3 Å². The van der Waals surface area contributed by atoms with Crippen LogP contribution in [0.3, 0.4) is 0 Å². The van der Waals surface area contributed by atoms with Gasteiger partial charge in [0.15, 0.2) is 0 Å². The monoisotopic (exact) mass is 263 g/mol. The molecule has 0 amide bonds. The van der Waals surface area contributed by atoms with E-state index in [2.05, 4.69) is 5.32 Å². The molecule has 0 fully saturated rings. The van der Waals surface area contributed by atoms with Gasteiger partial charge in [0.25, 0.3) is 0 Å². The molecular weight excluding hydrogens is 246 g/mol. The molecule has 2 atom stereocenters. The number of rotatable bonds is 5. The van der Waals surface area contributed by atoms with E-state index in [0.29, 0.717) is 6.54 Å². The van der Waals surface area contributed by atoms with Gasteiger partial charge in [-0.25, -0.2) is 0 Å². The average molecular weight is 263 g/mol. The molecule has 18 heavy (non-hydrogen) atoms. The van der Waals surface area contributed by atoms with Crippen molar-refractivity contribution in [3.8, 4) is 5.75 Å². The minimum Gasteiger partial charge on any atom is -0.508 e. The van der Waals surface area contributed by atoms with Gasteiger partial charge in [0, 0.05) is 18.2 Å². The van der Waals surface area contributed by atoms with E-state index in [1.165, 1.54) is 0 Å². The van der Waals surface area contributed by atoms with E-state index in [-0.39, 0.29) is 11.8 Å². The fraction of sp³-hybridized carbons (Fsp3) is 0.286. The van der Waals surface area contributed by atoms with Crippen molar-refractivity contribution in [1.29, 1.82) is 0 Å². The minimum atomic E-state index is -0.510. The second kappa shape index (κ2) is 6.00. The van der Waals surface area contributed by atoms with Crippen LogP contribution in [-0.4, -0.2) is 16.8 Å². The van der Waals surface area contributed by atoms with Gasteiger partial charge in [-0.05, 0) is 35.4 Å². The lowest BCUT2D eigenvalue weighted by Crippen LogP contribution is -2.24. The fourth-order valence-electron chi connectivity index (χ4n) is 1.83. The van der Waals surface area contributed by atoms with Gasteiger partial charge in [0.1, 0.15) is 5.75 Å². The third-order valence-electron chi connectivity index (χ3n) is 2.95. The first-order valence-corrected chi connectivity index (χ1v) is 6.84. The normalized spacial score (nSPS) is 14.3. The Morgan fingerprint density at radius 2 is 2.06 bits per heavy atom. The van der Waals surface area contributed by atoms with Crippen LogP contribution < -0.4 is 5.32 Å². The number of phenolic OH excluding ortho intramolecular Hbond substituents is 1. The third kappa shape index (κ3) is 3.10. The molecule has 0 saturated carbocycles. The van der Waals surface area contributed by atoms with Crippen LogP contribution in [0.15, 0.2) is 41.1 Å². The summed E-state index contributed by atoms with van der Waals surface area (Å²) in [6.45, 7) is 2.43. The Hall–Kier alpha value is -1.36. The summed E-state index contributed by atoms with van der Waals surface area (Å²) in [6.07, 6.45) is -0.510. The summed E-state index contributed by atoms with van der Waals surface area (Å²) in [7, 11) is 0. The molecule has 0 saturated heterocycles. The zero-order chi connectivity index (χ0) is 13.0. The second-order valence-electron chi connectivity index (χ2n) is 4.26. The highest BCUT2D eigenvalue weighted by Crippen LogP contribution is 2.24. The number of phenols is 1. The average Bonchev–Trinajstić information content (AvgIpc) is 2.90. The van der Waals surface area contributed by atoms with Crippen molar-refractivity contribution in [1.82, 2.24) is 5.32 Å². The van der Waals surface area contributed by atoms with Crippen LogP contribution in [-0.2, 0) is 0 Å². The van der Waals surface area contributed by atoms with E-state index in [0.717, 1.165) is 11.1 Å². The van der Waals surface area contributed by atoms with E-state index in [4.69, 9.17) is 0 Å². The summed E-state index contributed by atoms with van der Waals surface area (Å²) >= 11 is 1.57. The van der Waals surface area contributed by atoms with E-state index in [1.807, 2.05) is 35.9 Å². The summed E-state index contributed by atoms with van der Waals surface area (Å²) in [5.74, 6) is 0.280. The van der Waals surface area contributed by atoms with Gasteiger partial charge in [0.2, 0.25) is 0 Å². The van der Waals surface area contributed by atoms with Crippen LogP contribution in [0.1, 0.15) is 30.2 Å². The maximum absolute atomic E-state index is 9.96. The van der Waals surface area contributed by atoms with E-state index < -0.39 is 6.10 Å². The van der Waals surface area contributed by atoms with Crippen molar-refractivity contribution < 1.29 is 10.2 Å². The molecule has 4 heteroatoms. The molecule has 96 valence electrons. The lowest BCUT2D eigenvalue weighted by atomic mass is 10.1. The number of aromatic hydroxyl groups is 1. The van der Waals surface area contributed by atoms with Gasteiger partial charge in [-0.1, -0.05) is 18.2 Å². The molecule has 3 nitrogen and oxygen atoms in total. The molecule has 3 N–H and O–H groups in total. The van der Waals surface area contributed by atoms with Gasteiger partial charge < -0.3 is 15.5 Å². The molecule has 0 aliphatic carbocycles. The fourth-order valence-corrected chi connectivity index (χ4v) is 2.54. The highest BCUT2D eigenvalue weighted by atomic mass is 32.1. The number of aliphatic hydroxyl groups is 1. The summed E-state index contributed by atoms with van der Waals surface area (Å²) in [5.41, 5.74) is 1.77. The van der Waals surface area contributed by atoms with Gasteiger partial charge in [-0.3, -0.25) is 0 Å². The van der Waals surface area contributed by atoms with E-state index in [9.17, 15) is 10.2 Å². The highest BCUT2D eigenvalue weighted by Gasteiger charge is 2.12. The molecule has 2 unspecified atom stereocenters. The van der Waals surface area contributed by atoms with Crippen LogP contribution in [0.5, 0.6) is 5.75 Å². The van der Waals surface area contributed by atoms with Crippen molar-refractivity contribution >= 4 is 11.3 Å². The SMILES string of the molecule is CC(NCC(O)c1ccsc1)c1ccccc1O. The molecule has 0 radical (unpaired) electrons. The molecule has 2 aromatic rings. The summed E-state index contributed by atoms with van der Waals surface area (Å²) in [6, 6.07) is 9.16. The maximum atomic E-state index is 9.96. The van der Waals surface area contributed by atoms with Crippen LogP contribution in [0.4, 0.5) is 0 Å². The maximum Gasteiger partial charge on any atom is 0.120 e. The smallest absolute Gasteiger partial charge is 0.120 e. The predicted molar refractivity (Wildman–Crippen MR) is 73.8 cm³/mol. The second-order valence-corrected chi connectivity index (χ2v) is 5.04. The standard InChI is InChI=1S/C14H17NO2S/c1-10(12-4-2-3-5-13(12)16)15-8-14(17)11-6-7-18-9-11/h2-7,9-10,14-17H,8H2,1H3. The Bertz CT molecular complexity index is 484. The van der Waals surface area contributed by atoms with Gasteiger partial charge in [0.05, 0.1) is 6.10 Å². The van der Waals surface area contributed by atoms with Crippen molar-refractivity contribution in [2.45, 2.75) is 19.1 Å². The Morgan fingerprint density at radius 3 is 2.72 bits per heavy atom. The highest BCUT2D eigenvalue weighted by molar-refractivity contribution is 7.07. The van der Waals surface area contributed by atoms with Crippen LogP contribution in [0, 0.1) is 0 Å². The number of benzene rings is 1. The lowest BCUT2D eigenvalue weighted by Gasteiger charge is -2.17. The number of aliphatic hydroxyl groups excluding tert-OH is 1. The first-order chi connectivity index (χ1) is 8.68. The van der Waals surface area contributed by atoms with Crippen molar-refractivity contribution in [3.63, 3.8) is 0 Å². The van der Waals surface area contributed by atoms with Crippen LogP contribution >= 0.6 is 11.3 Å². The Morgan fingerprint density at radius 1 is 1.28 bits per heavy atom. The van der Waals surface area contributed by atoms with Crippen molar-refractivity contribution in [3.05, 3.63) is 52.2 Å². The van der Waals surface area contributed by atoms with E-state index >= 15 is 0 Å². The molecule has 0 aliphatic heterocycles.